The van der Waals surface area contributed by atoms with Crippen molar-refractivity contribution in [3.8, 4) is 11.1 Å². The number of aryl methyl sites for hydroxylation is 2. The predicted octanol–water partition coefficient (Wildman–Crippen LogP) is 5.83. The zero-order valence-electron chi connectivity index (χ0n) is 21.1. The average Bonchev–Trinajstić information content (AvgIpc) is 2.91. The van der Waals surface area contributed by atoms with E-state index in [9.17, 15) is 19.2 Å². The van der Waals surface area contributed by atoms with Gasteiger partial charge < -0.3 is 14.5 Å². The Morgan fingerprint density at radius 1 is 0.974 bits per heavy atom. The summed E-state index contributed by atoms with van der Waals surface area (Å²) < 4.78 is 36.2. The molecule has 4 rings (SSSR count). The molecule has 0 fully saturated rings. The van der Waals surface area contributed by atoms with E-state index in [1.807, 2.05) is 31.2 Å². The number of rotatable bonds is 7. The van der Waals surface area contributed by atoms with Gasteiger partial charge in [0.25, 0.3) is 0 Å². The van der Waals surface area contributed by atoms with E-state index in [0.29, 0.717) is 22.3 Å². The van der Waals surface area contributed by atoms with Crippen molar-refractivity contribution < 1.29 is 23.5 Å². The lowest BCUT2D eigenvalue weighted by Crippen LogP contribution is -2.18. The van der Waals surface area contributed by atoms with Crippen LogP contribution in [-0.2, 0) is 11.8 Å². The number of esters is 1. The van der Waals surface area contributed by atoms with Crippen molar-refractivity contribution in [2.75, 3.05) is 7.11 Å². The van der Waals surface area contributed by atoms with Crippen molar-refractivity contribution in [3.63, 3.8) is 0 Å². The number of nitrogens with zero attached hydrogens (tertiary/aromatic N) is 2. The molecular weight excluding hydrogens is 490 g/mol. The van der Waals surface area contributed by atoms with E-state index in [1.165, 1.54) is 35.9 Å². The van der Waals surface area contributed by atoms with Gasteiger partial charge in [-0.2, -0.15) is 0 Å². The number of oxime groups is 1. The van der Waals surface area contributed by atoms with Gasteiger partial charge in [0.2, 0.25) is 5.56 Å². The van der Waals surface area contributed by atoms with Crippen LogP contribution >= 0.6 is 0 Å². The van der Waals surface area contributed by atoms with Gasteiger partial charge in [-0.1, -0.05) is 47.6 Å². The van der Waals surface area contributed by atoms with Gasteiger partial charge in [-0.15, -0.1) is 0 Å². The summed E-state index contributed by atoms with van der Waals surface area (Å²) in [5, 5.41) is 13.3. The van der Waals surface area contributed by atoms with Crippen molar-refractivity contribution in [1.82, 2.24) is 4.57 Å². The lowest BCUT2D eigenvalue weighted by atomic mass is 9.83. The summed E-state index contributed by atoms with van der Waals surface area (Å²) >= 11 is 0. The van der Waals surface area contributed by atoms with E-state index in [1.54, 1.807) is 31.4 Å². The Bertz CT molecular complexity index is 1590. The van der Waals surface area contributed by atoms with Crippen LogP contribution in [0.5, 0.6) is 0 Å². The molecule has 8 heteroatoms. The van der Waals surface area contributed by atoms with Crippen LogP contribution in [0.25, 0.3) is 11.1 Å². The molecule has 0 saturated carbocycles. The van der Waals surface area contributed by atoms with Gasteiger partial charge in [-0.3, -0.25) is 4.79 Å². The van der Waals surface area contributed by atoms with Crippen LogP contribution in [0.1, 0.15) is 45.0 Å². The van der Waals surface area contributed by atoms with Gasteiger partial charge in [0.05, 0.1) is 18.4 Å². The van der Waals surface area contributed by atoms with Gasteiger partial charge in [-0.25, -0.2) is 13.6 Å². The van der Waals surface area contributed by atoms with E-state index < -0.39 is 23.5 Å². The lowest BCUT2D eigenvalue weighted by molar-refractivity contribution is 0.0595. The Hall–Kier alpha value is -4.59. The van der Waals surface area contributed by atoms with Crippen molar-refractivity contribution in [1.29, 1.82) is 0 Å². The smallest absolute Gasteiger partial charge is 0.340 e. The second kappa shape index (κ2) is 11.2. The molecule has 1 aromatic heterocycles. The molecule has 1 N–H and O–H groups in total. The minimum atomic E-state index is -0.795. The number of methoxy groups -OCH3 is 1. The highest BCUT2D eigenvalue weighted by Gasteiger charge is 2.24. The average molecular weight is 517 g/mol. The molecule has 0 aliphatic heterocycles. The molecule has 4 aromatic rings. The van der Waals surface area contributed by atoms with Crippen molar-refractivity contribution >= 4 is 11.7 Å². The number of benzene rings is 3. The SMILES string of the molecule is COC(=O)c1ccc(-c2ccc(C(C/C(=N\O)c3ccc(=O)n(C)c3)c3ccccc3C)c(F)c2)cc1F. The quantitative estimate of drug-likeness (QED) is 0.145. The van der Waals surface area contributed by atoms with Crippen LogP contribution in [-0.4, -0.2) is 28.6 Å². The maximum absolute atomic E-state index is 15.7. The molecule has 0 radical (unpaired) electrons. The second-order valence-electron chi connectivity index (χ2n) is 8.95. The van der Waals surface area contributed by atoms with E-state index in [-0.39, 0.29) is 23.3 Å². The zero-order valence-corrected chi connectivity index (χ0v) is 21.1. The van der Waals surface area contributed by atoms with Crippen LogP contribution in [0, 0.1) is 18.6 Å². The maximum atomic E-state index is 15.7. The maximum Gasteiger partial charge on any atom is 0.340 e. The lowest BCUT2D eigenvalue weighted by Gasteiger charge is -2.22. The number of halogens is 2. The fourth-order valence-electron chi connectivity index (χ4n) is 4.50. The van der Waals surface area contributed by atoms with Gasteiger partial charge in [0, 0.05) is 37.2 Å². The van der Waals surface area contributed by atoms with Crippen molar-refractivity contribution in [3.05, 3.63) is 129 Å². The molecule has 1 atom stereocenters. The fraction of sp³-hybridized carbons (Fsp3) is 0.167. The topological polar surface area (TPSA) is 80.9 Å². The number of carbonyl (C=O) groups excluding carboxylic acids is 1. The summed E-state index contributed by atoms with van der Waals surface area (Å²) in [5.74, 6) is -2.60. The molecule has 0 spiro atoms. The molecule has 6 nitrogen and oxygen atoms in total. The number of pyridine rings is 1. The highest BCUT2D eigenvalue weighted by Crippen LogP contribution is 2.35. The molecule has 0 amide bonds. The van der Waals surface area contributed by atoms with Crippen molar-refractivity contribution in [2.45, 2.75) is 19.3 Å². The third kappa shape index (κ3) is 5.39. The van der Waals surface area contributed by atoms with Crippen molar-refractivity contribution in [2.24, 2.45) is 12.2 Å². The zero-order chi connectivity index (χ0) is 27.4. The first-order valence-corrected chi connectivity index (χ1v) is 11.8. The summed E-state index contributed by atoms with van der Waals surface area (Å²) in [7, 11) is 2.76. The Morgan fingerprint density at radius 3 is 2.26 bits per heavy atom. The summed E-state index contributed by atoms with van der Waals surface area (Å²) in [6, 6.07) is 19.1. The molecule has 3 aromatic carbocycles. The number of hydrogen-bond donors (Lipinski definition) is 1. The molecule has 0 bridgehead atoms. The first kappa shape index (κ1) is 26.5. The molecule has 1 unspecified atom stereocenters. The van der Waals surface area contributed by atoms with Gasteiger partial charge in [0.1, 0.15) is 11.6 Å². The van der Waals surface area contributed by atoms with E-state index in [4.69, 9.17) is 0 Å². The molecular formula is C30H26F2N2O4. The number of ether oxygens (including phenoxy) is 1. The Kier molecular flexibility index (Phi) is 7.81. The molecule has 38 heavy (non-hydrogen) atoms. The predicted molar refractivity (Wildman–Crippen MR) is 141 cm³/mol. The van der Waals surface area contributed by atoms with Crippen LogP contribution in [0.4, 0.5) is 8.78 Å². The first-order chi connectivity index (χ1) is 18.2. The van der Waals surface area contributed by atoms with Gasteiger partial charge >= 0.3 is 5.97 Å². The standard InChI is InChI=1S/C30H26F2N2O4/c1-18-6-4-5-7-22(18)25(16-28(33-37)21-10-13-29(35)34(2)17-21)23-11-8-19(14-26(23)31)20-9-12-24(27(32)15-20)30(36)38-3/h4-15,17,25,37H,16H2,1-3H3/b33-28+. The van der Waals surface area contributed by atoms with Gasteiger partial charge in [0.15, 0.2) is 0 Å². The third-order valence-corrected chi connectivity index (χ3v) is 6.58. The largest absolute Gasteiger partial charge is 0.465 e. The Labute approximate surface area is 218 Å². The van der Waals surface area contributed by atoms with Gasteiger partial charge in [-0.05, 0) is 59.0 Å². The number of carbonyl (C=O) groups is 1. The molecule has 0 aliphatic carbocycles. The number of hydrogen-bond acceptors (Lipinski definition) is 5. The van der Waals surface area contributed by atoms with Crippen LogP contribution in [0.2, 0.25) is 0 Å². The minimum Gasteiger partial charge on any atom is -0.465 e. The summed E-state index contributed by atoms with van der Waals surface area (Å²) in [6.45, 7) is 1.92. The number of aromatic nitrogens is 1. The summed E-state index contributed by atoms with van der Waals surface area (Å²) in [5.41, 5.74) is 3.37. The Morgan fingerprint density at radius 2 is 1.66 bits per heavy atom. The molecule has 1 heterocycles. The van der Waals surface area contributed by atoms with Crippen LogP contribution < -0.4 is 5.56 Å². The molecule has 0 aliphatic rings. The first-order valence-electron chi connectivity index (χ1n) is 11.8. The van der Waals surface area contributed by atoms with Crippen LogP contribution in [0.3, 0.4) is 0 Å². The Balaban J connectivity index is 1.76. The second-order valence-corrected chi connectivity index (χ2v) is 8.95. The van der Waals surface area contributed by atoms with Crippen LogP contribution in [0.15, 0.2) is 88.9 Å². The highest BCUT2D eigenvalue weighted by atomic mass is 19.1. The fourth-order valence-corrected chi connectivity index (χ4v) is 4.50. The third-order valence-electron chi connectivity index (χ3n) is 6.58. The van der Waals surface area contributed by atoms with E-state index >= 15 is 4.39 Å². The summed E-state index contributed by atoms with van der Waals surface area (Å²) in [4.78, 5) is 23.5. The normalized spacial score (nSPS) is 12.3. The van der Waals surface area contributed by atoms with E-state index in [2.05, 4.69) is 9.89 Å². The monoisotopic (exact) mass is 516 g/mol. The minimum absolute atomic E-state index is 0.151. The molecule has 194 valence electrons. The molecule has 0 saturated heterocycles. The highest BCUT2D eigenvalue weighted by molar-refractivity contribution is 6.00. The van der Waals surface area contributed by atoms with E-state index in [0.717, 1.165) is 17.2 Å². The summed E-state index contributed by atoms with van der Waals surface area (Å²) in [6.07, 6.45) is 1.72.